The number of thiophene rings is 1. The number of hydrogen-bond acceptors (Lipinski definition) is 6. The molecule has 0 spiro atoms. The van der Waals surface area contributed by atoms with Gasteiger partial charge in [0.2, 0.25) is 5.91 Å². The van der Waals surface area contributed by atoms with Gasteiger partial charge in [-0.1, -0.05) is 37.2 Å². The molecular weight excluding hydrogens is 416 g/mol. The Labute approximate surface area is 183 Å². The number of anilines is 1. The van der Waals surface area contributed by atoms with Crippen molar-refractivity contribution in [1.29, 1.82) is 5.26 Å². The van der Waals surface area contributed by atoms with E-state index in [9.17, 15) is 14.9 Å². The normalized spacial score (nSPS) is 12.0. The maximum atomic E-state index is 13.2. The third kappa shape index (κ3) is 4.42. The number of carbonyl (C=O) groups is 1. The van der Waals surface area contributed by atoms with E-state index in [0.717, 1.165) is 23.3 Å². The average Bonchev–Trinajstić information content (AvgIpc) is 3.01. The lowest BCUT2D eigenvalue weighted by Crippen LogP contribution is -2.27. The summed E-state index contributed by atoms with van der Waals surface area (Å²) in [7, 11) is 0. The average molecular weight is 441 g/mol. The van der Waals surface area contributed by atoms with Gasteiger partial charge in [-0.25, -0.2) is 4.98 Å². The predicted octanol–water partition coefficient (Wildman–Crippen LogP) is 4.87. The van der Waals surface area contributed by atoms with Gasteiger partial charge in [0, 0.05) is 11.4 Å². The van der Waals surface area contributed by atoms with E-state index in [2.05, 4.69) is 18.3 Å². The summed E-state index contributed by atoms with van der Waals surface area (Å²) in [6.07, 6.45) is 1.82. The number of unbranched alkanes of at least 4 members (excludes halogenated alkanes) is 1. The second-order valence-electron chi connectivity index (χ2n) is 7.07. The zero-order chi connectivity index (χ0) is 21.8. The van der Waals surface area contributed by atoms with Gasteiger partial charge in [-0.05, 0) is 44.9 Å². The van der Waals surface area contributed by atoms with Gasteiger partial charge in [0.05, 0.1) is 21.9 Å². The van der Waals surface area contributed by atoms with Gasteiger partial charge < -0.3 is 5.32 Å². The number of rotatable bonds is 7. The molecule has 0 aliphatic carbocycles. The molecule has 0 aliphatic heterocycles. The van der Waals surface area contributed by atoms with Crippen molar-refractivity contribution in [3.63, 3.8) is 0 Å². The molecule has 30 heavy (non-hydrogen) atoms. The van der Waals surface area contributed by atoms with Crippen LogP contribution in [0.1, 0.15) is 42.7 Å². The Bertz CT molecular complexity index is 1190. The van der Waals surface area contributed by atoms with Gasteiger partial charge in [-0.2, -0.15) is 5.26 Å². The molecule has 1 unspecified atom stereocenters. The number of hydrogen-bond donors (Lipinski definition) is 1. The molecule has 0 fully saturated rings. The van der Waals surface area contributed by atoms with Crippen LogP contribution in [-0.4, -0.2) is 20.7 Å². The number of nitriles is 1. The van der Waals surface area contributed by atoms with Gasteiger partial charge >= 0.3 is 0 Å². The van der Waals surface area contributed by atoms with Crippen LogP contribution in [0.2, 0.25) is 0 Å². The SMILES string of the molecule is CCCCn1c(SC(C)C(=O)Nc2ccccc2C#N)nc2sc(C)c(C)c2c1=O. The van der Waals surface area contributed by atoms with Gasteiger partial charge in [0.25, 0.3) is 5.56 Å². The first-order chi connectivity index (χ1) is 14.4. The molecule has 0 aliphatic rings. The monoisotopic (exact) mass is 440 g/mol. The first-order valence-electron chi connectivity index (χ1n) is 9.84. The quantitative estimate of drug-likeness (QED) is 0.418. The number of thioether (sulfide) groups is 1. The number of aromatic nitrogens is 2. The van der Waals surface area contributed by atoms with E-state index in [4.69, 9.17) is 4.98 Å². The van der Waals surface area contributed by atoms with Crippen molar-refractivity contribution in [2.75, 3.05) is 5.32 Å². The summed E-state index contributed by atoms with van der Waals surface area (Å²) in [5.74, 6) is -0.238. The van der Waals surface area contributed by atoms with Crippen molar-refractivity contribution in [1.82, 2.24) is 9.55 Å². The van der Waals surface area contributed by atoms with Gasteiger partial charge in [0.1, 0.15) is 10.9 Å². The molecule has 1 N–H and O–H groups in total. The minimum absolute atomic E-state index is 0.0414. The Morgan fingerprint density at radius 3 is 2.80 bits per heavy atom. The van der Waals surface area contributed by atoms with Crippen LogP contribution in [0.25, 0.3) is 10.2 Å². The third-order valence-corrected chi connectivity index (χ3v) is 7.14. The van der Waals surface area contributed by atoms with Crippen LogP contribution in [0.4, 0.5) is 5.69 Å². The first-order valence-corrected chi connectivity index (χ1v) is 11.5. The molecule has 156 valence electrons. The van der Waals surface area contributed by atoms with Crippen molar-refractivity contribution in [2.45, 2.75) is 57.5 Å². The van der Waals surface area contributed by atoms with E-state index in [0.29, 0.717) is 33.2 Å². The zero-order valence-corrected chi connectivity index (χ0v) is 19.1. The zero-order valence-electron chi connectivity index (χ0n) is 17.5. The number of nitrogens with zero attached hydrogens (tertiary/aromatic N) is 3. The van der Waals surface area contributed by atoms with Crippen LogP contribution >= 0.6 is 23.1 Å². The lowest BCUT2D eigenvalue weighted by Gasteiger charge is -2.16. The van der Waals surface area contributed by atoms with Crippen LogP contribution in [0, 0.1) is 25.2 Å². The van der Waals surface area contributed by atoms with Crippen LogP contribution in [0.3, 0.4) is 0 Å². The molecule has 1 amide bonds. The largest absolute Gasteiger partial charge is 0.324 e. The lowest BCUT2D eigenvalue weighted by molar-refractivity contribution is -0.115. The molecule has 0 radical (unpaired) electrons. The molecule has 2 aromatic heterocycles. The van der Waals surface area contributed by atoms with Crippen molar-refractivity contribution in [2.24, 2.45) is 0 Å². The maximum absolute atomic E-state index is 13.2. The Balaban J connectivity index is 1.92. The molecular formula is C22H24N4O2S2. The summed E-state index contributed by atoms with van der Waals surface area (Å²) < 4.78 is 1.70. The van der Waals surface area contributed by atoms with E-state index in [1.165, 1.54) is 23.1 Å². The third-order valence-electron chi connectivity index (χ3n) is 4.95. The minimum Gasteiger partial charge on any atom is -0.324 e. The Hall–Kier alpha value is -2.63. The molecule has 1 aromatic carbocycles. The maximum Gasteiger partial charge on any atom is 0.263 e. The van der Waals surface area contributed by atoms with Crippen molar-refractivity contribution in [3.05, 3.63) is 50.6 Å². The number of amides is 1. The lowest BCUT2D eigenvalue weighted by atomic mass is 10.2. The molecule has 1 atom stereocenters. The van der Waals surface area contributed by atoms with Crippen LogP contribution < -0.4 is 10.9 Å². The first kappa shape index (κ1) is 22.1. The number of para-hydroxylation sites is 1. The molecule has 8 heteroatoms. The van der Waals surface area contributed by atoms with Crippen molar-refractivity contribution in [3.8, 4) is 6.07 Å². The number of carbonyl (C=O) groups excluding carboxylic acids is 1. The smallest absolute Gasteiger partial charge is 0.263 e. The fourth-order valence-electron chi connectivity index (χ4n) is 3.05. The van der Waals surface area contributed by atoms with E-state index in [1.807, 2.05) is 13.8 Å². The number of nitrogens with one attached hydrogen (secondary N) is 1. The van der Waals surface area contributed by atoms with E-state index in [-0.39, 0.29) is 11.5 Å². The van der Waals surface area contributed by atoms with Crippen LogP contribution in [0.15, 0.2) is 34.2 Å². The summed E-state index contributed by atoms with van der Waals surface area (Å²) in [5.41, 5.74) is 1.83. The second kappa shape index (κ2) is 9.45. The summed E-state index contributed by atoms with van der Waals surface area (Å²) in [5, 5.41) is 12.8. The van der Waals surface area contributed by atoms with Gasteiger partial charge in [-0.3, -0.25) is 14.2 Å². The molecule has 3 rings (SSSR count). The topological polar surface area (TPSA) is 87.8 Å². The fraction of sp³-hybridized carbons (Fsp3) is 0.364. The molecule has 6 nitrogen and oxygen atoms in total. The van der Waals surface area contributed by atoms with Crippen LogP contribution in [0.5, 0.6) is 0 Å². The highest BCUT2D eigenvalue weighted by Gasteiger charge is 2.22. The Morgan fingerprint density at radius 2 is 2.10 bits per heavy atom. The van der Waals surface area contributed by atoms with Crippen molar-refractivity contribution < 1.29 is 4.79 Å². The van der Waals surface area contributed by atoms with E-state index >= 15 is 0 Å². The van der Waals surface area contributed by atoms with Crippen molar-refractivity contribution >= 4 is 44.9 Å². The summed E-state index contributed by atoms with van der Waals surface area (Å²) >= 11 is 2.78. The van der Waals surface area contributed by atoms with Crippen LogP contribution in [-0.2, 0) is 11.3 Å². The Morgan fingerprint density at radius 1 is 1.37 bits per heavy atom. The standard InChI is InChI=1S/C22H24N4O2S2/c1-5-6-11-26-21(28)18-13(2)14(3)29-20(18)25-22(26)30-15(4)19(27)24-17-10-8-7-9-16(17)12-23/h7-10,15H,5-6,11H2,1-4H3,(H,24,27). The highest BCUT2D eigenvalue weighted by Crippen LogP contribution is 2.30. The molecule has 0 saturated heterocycles. The molecule has 0 saturated carbocycles. The van der Waals surface area contributed by atoms with E-state index < -0.39 is 5.25 Å². The fourth-order valence-corrected chi connectivity index (χ4v) is 5.05. The predicted molar refractivity (Wildman–Crippen MR) is 123 cm³/mol. The second-order valence-corrected chi connectivity index (χ2v) is 9.59. The van der Waals surface area contributed by atoms with E-state index in [1.54, 1.807) is 35.8 Å². The number of aryl methyl sites for hydroxylation is 2. The van der Waals surface area contributed by atoms with Gasteiger partial charge in [-0.15, -0.1) is 11.3 Å². The highest BCUT2D eigenvalue weighted by atomic mass is 32.2. The molecule has 0 bridgehead atoms. The highest BCUT2D eigenvalue weighted by molar-refractivity contribution is 8.00. The molecule has 2 heterocycles. The number of fused-ring (bicyclic) bond motifs is 1. The summed E-state index contributed by atoms with van der Waals surface area (Å²) in [6, 6.07) is 8.96. The summed E-state index contributed by atoms with van der Waals surface area (Å²) in [4.78, 5) is 32.5. The summed E-state index contributed by atoms with van der Waals surface area (Å²) in [6.45, 7) is 8.37. The number of benzene rings is 1. The van der Waals surface area contributed by atoms with Gasteiger partial charge in [0.15, 0.2) is 5.16 Å². The minimum atomic E-state index is -0.490. The Kier molecular flexibility index (Phi) is 6.95. The molecule has 3 aromatic rings.